The Bertz CT molecular complexity index is 72.1. The van der Waals surface area contributed by atoms with Gasteiger partial charge in [-0.25, -0.2) is 0 Å². The van der Waals surface area contributed by atoms with Crippen LogP contribution in [0.3, 0.4) is 0 Å². The number of carboxylic acids is 1. The third-order valence-electron chi connectivity index (χ3n) is 0.701. The molecule has 0 amide bonds. The Morgan fingerprint density at radius 2 is 2.29 bits per heavy atom. The van der Waals surface area contributed by atoms with Crippen molar-refractivity contribution in [3.8, 4) is 0 Å². The third-order valence-corrected chi connectivity index (χ3v) is 3.29. The van der Waals surface area contributed by atoms with Crippen molar-refractivity contribution in [3.63, 3.8) is 0 Å². The quantitative estimate of drug-likeness (QED) is 0.687. The topological polar surface area (TPSA) is 37.3 Å². The number of aliphatic carboxylic acids is 1. The summed E-state index contributed by atoms with van der Waals surface area (Å²) in [5.41, 5.74) is 0. The van der Waals surface area contributed by atoms with Crippen LogP contribution >= 0.6 is 0 Å². The van der Waals surface area contributed by atoms with Gasteiger partial charge in [-0.15, -0.1) is 0 Å². The summed E-state index contributed by atoms with van der Waals surface area (Å²) in [6.07, 6.45) is 0. The summed E-state index contributed by atoms with van der Waals surface area (Å²) in [4.78, 5) is 12.0. The molecule has 7 heavy (non-hydrogen) atoms. The fraction of sp³-hybridized carbons (Fsp3) is 0.750. The van der Waals surface area contributed by atoms with Crippen LogP contribution in [0, 0.1) is 0 Å². The number of carboxylic acid groups (broad SMARTS) is 1. The van der Waals surface area contributed by atoms with Crippen LogP contribution in [0.15, 0.2) is 0 Å². The Balaban J connectivity index is 3.34. The zero-order valence-electron chi connectivity index (χ0n) is 4.34. The summed E-state index contributed by atoms with van der Waals surface area (Å²) in [6.45, 7) is 1.75. The van der Waals surface area contributed by atoms with Crippen molar-refractivity contribution in [2.24, 2.45) is 0 Å². The first-order chi connectivity index (χ1) is 3.18. The molecule has 0 aliphatic heterocycles. The second-order valence-electron chi connectivity index (χ2n) is 1.22. The molecule has 3 heteroatoms. The van der Waals surface area contributed by atoms with Gasteiger partial charge in [-0.05, 0) is 0 Å². The third kappa shape index (κ3) is 2.90. The van der Waals surface area contributed by atoms with E-state index in [2.05, 4.69) is 0 Å². The molecule has 1 unspecified atom stereocenters. The van der Waals surface area contributed by atoms with E-state index in [4.69, 9.17) is 5.11 Å². The van der Waals surface area contributed by atoms with Crippen molar-refractivity contribution in [2.75, 3.05) is 0 Å². The molecule has 1 atom stereocenters. The normalized spacial score (nSPS) is 13.4. The Morgan fingerprint density at radius 3 is 2.29 bits per heavy atom. The van der Waals surface area contributed by atoms with Crippen molar-refractivity contribution in [3.05, 3.63) is 0 Å². The molecule has 2 nitrogen and oxygen atoms in total. The van der Waals surface area contributed by atoms with E-state index in [0.717, 1.165) is 0 Å². The van der Waals surface area contributed by atoms with E-state index in [0.29, 0.717) is 0 Å². The van der Waals surface area contributed by atoms with E-state index in [1.807, 2.05) is 4.97 Å². The first-order valence-electron chi connectivity index (χ1n) is 1.94. The molecule has 1 N–H and O–H groups in total. The van der Waals surface area contributed by atoms with Crippen LogP contribution in [0.5, 0.6) is 0 Å². The van der Waals surface area contributed by atoms with Gasteiger partial charge in [-0.3, -0.25) is 0 Å². The fourth-order valence-electron chi connectivity index (χ4n) is 0.101. The van der Waals surface area contributed by atoms with E-state index in [-0.39, 0.29) is 24.9 Å². The second kappa shape index (κ2) is 3.29. The van der Waals surface area contributed by atoms with Gasteiger partial charge in [0, 0.05) is 0 Å². The molecule has 0 spiro atoms. The molecule has 0 bridgehead atoms. The van der Waals surface area contributed by atoms with Crippen LogP contribution in [-0.4, -0.2) is 32.0 Å². The molecular weight excluding hydrogens is 208 g/mol. The molecule has 0 saturated heterocycles. The van der Waals surface area contributed by atoms with E-state index < -0.39 is 5.97 Å². The van der Waals surface area contributed by atoms with Crippen molar-refractivity contribution in [2.45, 2.75) is 15.9 Å². The number of rotatable bonds is 2. The van der Waals surface area contributed by atoms with E-state index in [1.165, 1.54) is 0 Å². The summed E-state index contributed by atoms with van der Waals surface area (Å²) in [5.74, 6) is -0.648. The number of hydrogen-bond donors (Lipinski definition) is 1. The maximum absolute atomic E-state index is 9.96. The molecule has 42 valence electrons. The SMILES string of the molecule is C[Te]C(C)C(=O)O. The Morgan fingerprint density at radius 1 is 1.86 bits per heavy atom. The summed E-state index contributed by atoms with van der Waals surface area (Å²) < 4.78 is -0.0506. The Hall–Kier alpha value is 0.260. The summed E-state index contributed by atoms with van der Waals surface area (Å²) in [6, 6.07) is 0. The summed E-state index contributed by atoms with van der Waals surface area (Å²) in [5, 5.41) is 8.21. The van der Waals surface area contributed by atoms with Crippen LogP contribution in [0.2, 0.25) is 8.94 Å². The molecule has 0 heterocycles. The first-order valence-corrected chi connectivity index (χ1v) is 5.61. The maximum atomic E-state index is 9.96. The average molecular weight is 216 g/mol. The molecule has 0 fully saturated rings. The van der Waals surface area contributed by atoms with Crippen molar-refractivity contribution in [1.82, 2.24) is 0 Å². The molecule has 0 radical (unpaired) electrons. The van der Waals surface area contributed by atoms with Crippen LogP contribution in [-0.2, 0) is 4.79 Å². The van der Waals surface area contributed by atoms with E-state index in [1.54, 1.807) is 6.92 Å². The van der Waals surface area contributed by atoms with Gasteiger partial charge < -0.3 is 0 Å². The minimum absolute atomic E-state index is 0.0506. The van der Waals surface area contributed by atoms with Gasteiger partial charge in [-0.2, -0.15) is 0 Å². The van der Waals surface area contributed by atoms with Gasteiger partial charge in [0.25, 0.3) is 0 Å². The van der Waals surface area contributed by atoms with Gasteiger partial charge in [-0.1, -0.05) is 0 Å². The zero-order chi connectivity index (χ0) is 5.86. The fourth-order valence-corrected chi connectivity index (χ4v) is 0.676. The minimum atomic E-state index is -0.648. The summed E-state index contributed by atoms with van der Waals surface area (Å²) >= 11 is -0.243. The monoisotopic (exact) mass is 218 g/mol. The van der Waals surface area contributed by atoms with Gasteiger partial charge >= 0.3 is 52.7 Å². The van der Waals surface area contributed by atoms with Crippen LogP contribution in [0.4, 0.5) is 0 Å². The van der Waals surface area contributed by atoms with Gasteiger partial charge in [0.05, 0.1) is 0 Å². The molecule has 0 saturated carbocycles. The zero-order valence-corrected chi connectivity index (χ0v) is 6.67. The molecule has 0 rings (SSSR count). The number of carbonyl (C=O) groups is 1. The number of hydrogen-bond acceptors (Lipinski definition) is 1. The van der Waals surface area contributed by atoms with Gasteiger partial charge in [0.15, 0.2) is 0 Å². The molecule has 0 aromatic carbocycles. The van der Waals surface area contributed by atoms with Crippen LogP contribution < -0.4 is 0 Å². The second-order valence-corrected chi connectivity index (χ2v) is 4.58. The predicted octanol–water partition coefficient (Wildman–Crippen LogP) is 0.632. The van der Waals surface area contributed by atoms with Crippen molar-refractivity contribution < 1.29 is 9.90 Å². The van der Waals surface area contributed by atoms with Crippen molar-refractivity contribution in [1.29, 1.82) is 0 Å². The van der Waals surface area contributed by atoms with Crippen LogP contribution in [0.1, 0.15) is 6.92 Å². The summed E-state index contributed by atoms with van der Waals surface area (Å²) in [7, 11) is 0. The Kier molecular flexibility index (Phi) is 3.41. The van der Waals surface area contributed by atoms with E-state index >= 15 is 0 Å². The first kappa shape index (κ1) is 7.26. The van der Waals surface area contributed by atoms with Crippen LogP contribution in [0.25, 0.3) is 0 Å². The molecule has 0 aromatic heterocycles. The Labute approximate surface area is 53.0 Å². The standard InChI is InChI=1S/C4H8O2Te/c1-3(7-2)4(5)6/h3H,1-2H3,(H,5,6). The average Bonchev–Trinajstić information content (AvgIpc) is 1.65. The van der Waals surface area contributed by atoms with E-state index in [9.17, 15) is 4.79 Å². The molecule has 0 aliphatic carbocycles. The van der Waals surface area contributed by atoms with Gasteiger partial charge in [0.1, 0.15) is 0 Å². The molecular formula is C4H8O2Te. The van der Waals surface area contributed by atoms with Crippen molar-refractivity contribution >= 4 is 26.9 Å². The molecule has 0 aromatic rings. The van der Waals surface area contributed by atoms with Gasteiger partial charge in [0.2, 0.25) is 0 Å². The predicted molar refractivity (Wildman–Crippen MR) is 28.7 cm³/mol. The molecule has 0 aliphatic rings.